The first kappa shape index (κ1) is 12.9. The maximum Gasteiger partial charge on any atom is 0.256 e. The molecule has 7 heteroatoms. The van der Waals surface area contributed by atoms with E-state index >= 15 is 0 Å². The average molecular weight is 280 g/mol. The van der Waals surface area contributed by atoms with Gasteiger partial charge >= 0.3 is 0 Å². The zero-order valence-electron chi connectivity index (χ0n) is 11.3. The molecule has 0 atom stereocenters. The number of carbonyl (C=O) groups is 1. The van der Waals surface area contributed by atoms with E-state index in [1.807, 2.05) is 19.1 Å². The Labute approximate surface area is 120 Å². The number of aryl methyl sites for hydroxylation is 1. The van der Waals surface area contributed by atoms with E-state index in [1.54, 1.807) is 30.5 Å². The summed E-state index contributed by atoms with van der Waals surface area (Å²) < 4.78 is 1.52. The molecule has 0 fully saturated rings. The minimum atomic E-state index is -0.208. The molecule has 3 aromatic rings. The number of rotatable bonds is 3. The van der Waals surface area contributed by atoms with Gasteiger partial charge in [0.2, 0.25) is 0 Å². The minimum absolute atomic E-state index is 0.208. The molecule has 7 nitrogen and oxygen atoms in total. The summed E-state index contributed by atoms with van der Waals surface area (Å²) in [6, 6.07) is 10.7. The molecule has 21 heavy (non-hydrogen) atoms. The molecule has 2 aromatic heterocycles. The van der Waals surface area contributed by atoms with Crippen molar-refractivity contribution in [1.29, 1.82) is 0 Å². The number of pyridine rings is 1. The number of nitrogens with zero attached hydrogens (tertiary/aromatic N) is 5. The van der Waals surface area contributed by atoms with E-state index in [1.165, 1.54) is 11.0 Å². The fourth-order valence-corrected chi connectivity index (χ4v) is 1.84. The van der Waals surface area contributed by atoms with E-state index in [-0.39, 0.29) is 5.91 Å². The van der Waals surface area contributed by atoms with Crippen molar-refractivity contribution in [2.24, 2.45) is 0 Å². The Bertz CT molecular complexity index is 751. The first-order valence-corrected chi connectivity index (χ1v) is 6.30. The van der Waals surface area contributed by atoms with Gasteiger partial charge in [-0.05, 0) is 53.2 Å². The lowest BCUT2D eigenvalue weighted by molar-refractivity contribution is 0.102. The number of aromatic nitrogens is 5. The van der Waals surface area contributed by atoms with Crippen LogP contribution in [0.2, 0.25) is 0 Å². The Morgan fingerprint density at radius 3 is 2.67 bits per heavy atom. The molecule has 104 valence electrons. The standard InChI is InChI=1S/C14H12N6O/c1-10-3-2-8-15-13(10)17-14(21)11-4-6-12(7-5-11)20-9-16-18-19-20/h2-9H,1H3,(H,15,17,21). The number of hydrogen-bond acceptors (Lipinski definition) is 5. The molecule has 0 saturated heterocycles. The van der Waals surface area contributed by atoms with Crippen molar-refractivity contribution in [3.05, 3.63) is 60.0 Å². The number of benzene rings is 1. The summed E-state index contributed by atoms with van der Waals surface area (Å²) in [5.41, 5.74) is 2.23. The van der Waals surface area contributed by atoms with Gasteiger partial charge in [0.05, 0.1) is 5.69 Å². The maximum atomic E-state index is 12.2. The van der Waals surface area contributed by atoms with Crippen LogP contribution < -0.4 is 5.32 Å². The first-order chi connectivity index (χ1) is 10.2. The van der Waals surface area contributed by atoms with Crippen LogP contribution in [0.3, 0.4) is 0 Å². The molecular weight excluding hydrogens is 268 g/mol. The summed E-state index contributed by atoms with van der Waals surface area (Å²) in [7, 11) is 0. The Kier molecular flexibility index (Phi) is 3.38. The van der Waals surface area contributed by atoms with Crippen LogP contribution in [0.5, 0.6) is 0 Å². The summed E-state index contributed by atoms with van der Waals surface area (Å²) in [5, 5.41) is 13.7. The lowest BCUT2D eigenvalue weighted by Gasteiger charge is -2.07. The average Bonchev–Trinajstić information content (AvgIpc) is 3.04. The fourth-order valence-electron chi connectivity index (χ4n) is 1.84. The molecular formula is C14H12N6O. The lowest BCUT2D eigenvalue weighted by Crippen LogP contribution is -2.13. The van der Waals surface area contributed by atoms with Crippen molar-refractivity contribution < 1.29 is 4.79 Å². The Hall–Kier alpha value is -3.09. The predicted octanol–water partition coefficient (Wildman–Crippen LogP) is 1.62. The minimum Gasteiger partial charge on any atom is -0.306 e. The van der Waals surface area contributed by atoms with Crippen LogP contribution in [0.25, 0.3) is 5.69 Å². The third-order valence-electron chi connectivity index (χ3n) is 2.98. The van der Waals surface area contributed by atoms with Gasteiger partial charge in [0.1, 0.15) is 12.1 Å². The van der Waals surface area contributed by atoms with Gasteiger partial charge in [0.15, 0.2) is 0 Å². The SMILES string of the molecule is Cc1cccnc1NC(=O)c1ccc(-n2cnnn2)cc1. The van der Waals surface area contributed by atoms with Gasteiger partial charge in [0.25, 0.3) is 5.91 Å². The Morgan fingerprint density at radius 2 is 2.00 bits per heavy atom. The van der Waals surface area contributed by atoms with Gasteiger partial charge in [-0.2, -0.15) is 0 Å². The Morgan fingerprint density at radius 1 is 1.19 bits per heavy atom. The second-order valence-corrected chi connectivity index (χ2v) is 4.42. The van der Waals surface area contributed by atoms with Gasteiger partial charge in [-0.1, -0.05) is 6.07 Å². The van der Waals surface area contributed by atoms with E-state index < -0.39 is 0 Å². The number of anilines is 1. The first-order valence-electron chi connectivity index (χ1n) is 6.30. The maximum absolute atomic E-state index is 12.2. The molecule has 3 rings (SSSR count). The molecule has 1 amide bonds. The van der Waals surface area contributed by atoms with E-state index in [0.717, 1.165) is 11.3 Å². The molecule has 0 unspecified atom stereocenters. The van der Waals surface area contributed by atoms with Crippen molar-refractivity contribution in [2.45, 2.75) is 6.92 Å². The van der Waals surface area contributed by atoms with Crippen LogP contribution in [0.15, 0.2) is 48.9 Å². The molecule has 0 aliphatic heterocycles. The second kappa shape index (κ2) is 5.49. The Balaban J connectivity index is 1.78. The van der Waals surface area contributed by atoms with Gasteiger partial charge in [-0.15, -0.1) is 5.10 Å². The molecule has 0 aliphatic rings. The van der Waals surface area contributed by atoms with Crippen molar-refractivity contribution in [1.82, 2.24) is 25.2 Å². The monoisotopic (exact) mass is 280 g/mol. The van der Waals surface area contributed by atoms with Crippen LogP contribution in [0.1, 0.15) is 15.9 Å². The predicted molar refractivity (Wildman–Crippen MR) is 76.1 cm³/mol. The lowest BCUT2D eigenvalue weighted by atomic mass is 10.2. The van der Waals surface area contributed by atoms with Crippen molar-refractivity contribution in [2.75, 3.05) is 5.32 Å². The number of amides is 1. The zero-order chi connectivity index (χ0) is 14.7. The summed E-state index contributed by atoms with van der Waals surface area (Å²) in [6.07, 6.45) is 3.13. The van der Waals surface area contributed by atoms with E-state index in [0.29, 0.717) is 11.4 Å². The highest BCUT2D eigenvalue weighted by molar-refractivity contribution is 6.04. The summed E-state index contributed by atoms with van der Waals surface area (Å²) in [4.78, 5) is 16.3. The summed E-state index contributed by atoms with van der Waals surface area (Å²) >= 11 is 0. The number of carbonyl (C=O) groups excluding carboxylic acids is 1. The smallest absolute Gasteiger partial charge is 0.256 e. The molecule has 0 bridgehead atoms. The number of hydrogen-bond donors (Lipinski definition) is 1. The van der Waals surface area contributed by atoms with Crippen LogP contribution in [-0.4, -0.2) is 31.1 Å². The van der Waals surface area contributed by atoms with Crippen LogP contribution in [0, 0.1) is 6.92 Å². The highest BCUT2D eigenvalue weighted by Gasteiger charge is 2.08. The molecule has 2 heterocycles. The molecule has 1 N–H and O–H groups in total. The molecule has 0 aliphatic carbocycles. The number of nitrogens with one attached hydrogen (secondary N) is 1. The van der Waals surface area contributed by atoms with E-state index in [2.05, 4.69) is 25.8 Å². The van der Waals surface area contributed by atoms with E-state index in [9.17, 15) is 4.79 Å². The van der Waals surface area contributed by atoms with Gasteiger partial charge in [-0.3, -0.25) is 4.79 Å². The van der Waals surface area contributed by atoms with Gasteiger partial charge in [0, 0.05) is 11.8 Å². The molecule has 1 aromatic carbocycles. The second-order valence-electron chi connectivity index (χ2n) is 4.42. The van der Waals surface area contributed by atoms with Gasteiger partial charge < -0.3 is 5.32 Å². The summed E-state index contributed by atoms with van der Waals surface area (Å²) in [5.74, 6) is 0.354. The molecule has 0 spiro atoms. The van der Waals surface area contributed by atoms with E-state index in [4.69, 9.17) is 0 Å². The third kappa shape index (κ3) is 2.76. The van der Waals surface area contributed by atoms with Crippen LogP contribution in [0.4, 0.5) is 5.82 Å². The van der Waals surface area contributed by atoms with Crippen LogP contribution in [-0.2, 0) is 0 Å². The highest BCUT2D eigenvalue weighted by atomic mass is 16.1. The largest absolute Gasteiger partial charge is 0.306 e. The van der Waals surface area contributed by atoms with Crippen LogP contribution >= 0.6 is 0 Å². The zero-order valence-corrected chi connectivity index (χ0v) is 11.3. The van der Waals surface area contributed by atoms with Crippen molar-refractivity contribution >= 4 is 11.7 Å². The number of tetrazole rings is 1. The highest BCUT2D eigenvalue weighted by Crippen LogP contribution is 2.13. The summed E-state index contributed by atoms with van der Waals surface area (Å²) in [6.45, 7) is 1.89. The van der Waals surface area contributed by atoms with Crippen molar-refractivity contribution in [3.63, 3.8) is 0 Å². The molecule has 0 radical (unpaired) electrons. The third-order valence-corrected chi connectivity index (χ3v) is 2.98. The quantitative estimate of drug-likeness (QED) is 0.788. The van der Waals surface area contributed by atoms with Crippen molar-refractivity contribution in [3.8, 4) is 5.69 Å². The molecule has 0 saturated carbocycles. The van der Waals surface area contributed by atoms with Gasteiger partial charge in [-0.25, -0.2) is 9.67 Å². The topological polar surface area (TPSA) is 85.6 Å². The normalized spacial score (nSPS) is 10.3. The fraction of sp³-hybridized carbons (Fsp3) is 0.0714.